The summed E-state index contributed by atoms with van der Waals surface area (Å²) in [6, 6.07) is 3.54. The zero-order valence-electron chi connectivity index (χ0n) is 15.5. The first-order chi connectivity index (χ1) is 12.9. The molecule has 4 rings (SSSR count). The van der Waals surface area contributed by atoms with Crippen LogP contribution in [0, 0.1) is 0 Å². The Bertz CT molecular complexity index is 871. The number of hydrogen-bond donors (Lipinski definition) is 1. The fraction of sp³-hybridized carbons (Fsp3) is 0.429. The van der Waals surface area contributed by atoms with Crippen molar-refractivity contribution in [3.8, 4) is 11.5 Å². The summed E-state index contributed by atoms with van der Waals surface area (Å²) in [5, 5.41) is 10.2. The number of halogens is 1. The van der Waals surface area contributed by atoms with Crippen LogP contribution in [0.3, 0.4) is 0 Å². The third-order valence-corrected chi connectivity index (χ3v) is 6.45. The zero-order valence-corrected chi connectivity index (χ0v) is 17.1. The lowest BCUT2D eigenvalue weighted by Crippen LogP contribution is -2.37. The summed E-state index contributed by atoms with van der Waals surface area (Å²) in [6.07, 6.45) is 4.39. The van der Waals surface area contributed by atoms with Crippen molar-refractivity contribution < 1.29 is 19.4 Å². The van der Waals surface area contributed by atoms with E-state index in [9.17, 15) is 14.7 Å². The molecule has 1 aromatic carbocycles. The second-order valence-electron chi connectivity index (χ2n) is 7.32. The molecule has 0 amide bonds. The van der Waals surface area contributed by atoms with E-state index in [1.54, 1.807) is 12.1 Å². The summed E-state index contributed by atoms with van der Waals surface area (Å²) < 4.78 is 5.80. The number of Topliss-reactive ketones (excluding diaryl/α,β-unsaturated/α-hetero) is 2. The predicted octanol–water partition coefficient (Wildman–Crippen LogP) is 4.21. The molecule has 1 N–H and O–H groups in total. The number of ketones is 2. The molecule has 1 heterocycles. The first-order valence-electron chi connectivity index (χ1n) is 9.26. The van der Waals surface area contributed by atoms with Crippen molar-refractivity contribution in [2.45, 2.75) is 44.4 Å². The molecule has 0 saturated carbocycles. The van der Waals surface area contributed by atoms with Crippen LogP contribution in [0.5, 0.6) is 11.5 Å². The van der Waals surface area contributed by atoms with Crippen LogP contribution in [0.25, 0.3) is 0 Å². The molecule has 1 aromatic rings. The molecule has 0 unspecified atom stereocenters. The maximum absolute atomic E-state index is 12.9. The smallest absolute Gasteiger partial charge is 0.172 e. The molecule has 142 valence electrons. The van der Waals surface area contributed by atoms with Gasteiger partial charge in [0.1, 0.15) is 0 Å². The first kappa shape index (κ1) is 18.3. The van der Waals surface area contributed by atoms with Crippen LogP contribution in [0.4, 0.5) is 0 Å². The van der Waals surface area contributed by atoms with Gasteiger partial charge in [-0.1, -0.05) is 0 Å². The third kappa shape index (κ3) is 2.81. The Kier molecular flexibility index (Phi) is 4.62. The van der Waals surface area contributed by atoms with Gasteiger partial charge >= 0.3 is 0 Å². The van der Waals surface area contributed by atoms with Gasteiger partial charge in [-0.25, -0.2) is 0 Å². The lowest BCUT2D eigenvalue weighted by molar-refractivity contribution is -0.117. The Morgan fingerprint density at radius 2 is 1.59 bits per heavy atom. The van der Waals surface area contributed by atoms with Crippen molar-refractivity contribution in [3.63, 3.8) is 0 Å². The number of methoxy groups -OCH3 is 1. The topological polar surface area (TPSA) is 66.8 Å². The van der Waals surface area contributed by atoms with Gasteiger partial charge in [-0.2, -0.15) is 0 Å². The number of carbonyl (C=O) groups is 2. The minimum Gasteiger partial charge on any atom is -0.503 e. The molecule has 0 aromatic heterocycles. The normalized spacial score (nSPS) is 20.8. The fourth-order valence-corrected chi connectivity index (χ4v) is 5.06. The molecule has 0 radical (unpaired) electrons. The number of ether oxygens (including phenoxy) is 1. The van der Waals surface area contributed by atoms with E-state index in [1.807, 2.05) is 7.05 Å². The monoisotopic (exact) mass is 431 g/mol. The number of allylic oxidation sites excluding steroid dienone is 4. The molecule has 0 spiro atoms. The van der Waals surface area contributed by atoms with Gasteiger partial charge in [-0.15, -0.1) is 0 Å². The van der Waals surface area contributed by atoms with Gasteiger partial charge < -0.3 is 14.7 Å². The lowest BCUT2D eigenvalue weighted by Gasteiger charge is -2.42. The quantitative estimate of drug-likeness (QED) is 0.759. The molecule has 0 saturated heterocycles. The van der Waals surface area contributed by atoms with E-state index in [2.05, 4.69) is 20.8 Å². The van der Waals surface area contributed by atoms with Crippen LogP contribution < -0.4 is 4.74 Å². The minimum atomic E-state index is -0.391. The van der Waals surface area contributed by atoms with Crippen LogP contribution in [0.1, 0.15) is 50.0 Å². The number of phenols is 1. The first-order valence-corrected chi connectivity index (χ1v) is 10.1. The number of hydrogen-bond acceptors (Lipinski definition) is 5. The van der Waals surface area contributed by atoms with Crippen molar-refractivity contribution in [1.82, 2.24) is 4.90 Å². The van der Waals surface area contributed by atoms with Gasteiger partial charge in [-0.05, 0) is 59.3 Å². The van der Waals surface area contributed by atoms with E-state index >= 15 is 0 Å². The van der Waals surface area contributed by atoms with Gasteiger partial charge in [0.05, 0.1) is 11.6 Å². The van der Waals surface area contributed by atoms with E-state index < -0.39 is 5.92 Å². The molecule has 0 fully saturated rings. The standard InChI is InChI=1S/C21H22BrNO4/c1-23-13-5-3-7-15(24)19(13)18(20-14(23)6-4-8-16(20)25)11-9-12(22)21(26)17(10-11)27-2/h9-10,18,26H,3-8H2,1-2H3. The fourth-order valence-electron chi connectivity index (χ4n) is 4.60. The second kappa shape index (κ2) is 6.82. The molecule has 1 aliphatic heterocycles. The van der Waals surface area contributed by atoms with E-state index in [-0.39, 0.29) is 17.3 Å². The molecule has 0 bridgehead atoms. The van der Waals surface area contributed by atoms with Crippen molar-refractivity contribution in [3.05, 3.63) is 44.7 Å². The zero-order chi connectivity index (χ0) is 19.3. The Labute approximate surface area is 166 Å². The Morgan fingerprint density at radius 3 is 2.11 bits per heavy atom. The summed E-state index contributed by atoms with van der Waals surface area (Å²) in [4.78, 5) is 28.0. The van der Waals surface area contributed by atoms with Crippen molar-refractivity contribution in [2.75, 3.05) is 14.2 Å². The summed E-state index contributed by atoms with van der Waals surface area (Å²) >= 11 is 3.38. The number of phenolic OH excluding ortho intramolecular Hbond substituents is 1. The molecule has 5 nitrogen and oxygen atoms in total. The summed E-state index contributed by atoms with van der Waals surface area (Å²) in [6.45, 7) is 0. The number of carbonyl (C=O) groups excluding carboxylic acids is 2. The number of benzene rings is 1. The number of aromatic hydroxyl groups is 1. The van der Waals surface area contributed by atoms with Gasteiger partial charge in [0.15, 0.2) is 23.1 Å². The van der Waals surface area contributed by atoms with Crippen molar-refractivity contribution >= 4 is 27.5 Å². The van der Waals surface area contributed by atoms with E-state index in [0.717, 1.165) is 53.8 Å². The summed E-state index contributed by atoms with van der Waals surface area (Å²) in [7, 11) is 3.47. The van der Waals surface area contributed by atoms with Crippen LogP contribution in [0.15, 0.2) is 39.1 Å². The number of nitrogens with zero attached hydrogens (tertiary/aromatic N) is 1. The highest BCUT2D eigenvalue weighted by Crippen LogP contribution is 2.50. The van der Waals surface area contributed by atoms with Crippen LogP contribution >= 0.6 is 15.9 Å². The molecular weight excluding hydrogens is 410 g/mol. The molecule has 27 heavy (non-hydrogen) atoms. The van der Waals surface area contributed by atoms with Crippen LogP contribution in [-0.4, -0.2) is 35.7 Å². The highest BCUT2D eigenvalue weighted by atomic mass is 79.9. The van der Waals surface area contributed by atoms with E-state index in [1.165, 1.54) is 7.11 Å². The van der Waals surface area contributed by atoms with Gasteiger partial charge in [0, 0.05) is 48.3 Å². The molecule has 2 aliphatic carbocycles. The van der Waals surface area contributed by atoms with Crippen LogP contribution in [0.2, 0.25) is 0 Å². The minimum absolute atomic E-state index is 0.0162. The SMILES string of the molecule is COc1cc(C2C3=C(CCCC3=O)N(C)C3=C2C(=O)CCC3)cc(Br)c1O. The van der Waals surface area contributed by atoms with Crippen molar-refractivity contribution in [1.29, 1.82) is 0 Å². The van der Waals surface area contributed by atoms with Crippen molar-refractivity contribution in [2.24, 2.45) is 0 Å². The molecule has 3 aliphatic rings. The summed E-state index contributed by atoms with van der Waals surface area (Å²) in [5.74, 6) is 0.177. The Balaban J connectivity index is 1.98. The van der Waals surface area contributed by atoms with Gasteiger partial charge in [0.25, 0.3) is 0 Å². The average Bonchev–Trinajstić information content (AvgIpc) is 2.65. The summed E-state index contributed by atoms with van der Waals surface area (Å²) in [5.41, 5.74) is 4.34. The maximum atomic E-state index is 12.9. The predicted molar refractivity (Wildman–Crippen MR) is 105 cm³/mol. The van der Waals surface area contributed by atoms with Gasteiger partial charge in [-0.3, -0.25) is 9.59 Å². The highest BCUT2D eigenvalue weighted by Gasteiger charge is 2.42. The maximum Gasteiger partial charge on any atom is 0.172 e. The largest absolute Gasteiger partial charge is 0.503 e. The molecule has 6 heteroatoms. The second-order valence-corrected chi connectivity index (χ2v) is 8.17. The lowest BCUT2D eigenvalue weighted by atomic mass is 9.71. The third-order valence-electron chi connectivity index (χ3n) is 5.85. The molecular formula is C21H22BrNO4. The molecule has 0 atom stereocenters. The van der Waals surface area contributed by atoms with Gasteiger partial charge in [0.2, 0.25) is 0 Å². The van der Waals surface area contributed by atoms with Crippen LogP contribution in [-0.2, 0) is 9.59 Å². The highest BCUT2D eigenvalue weighted by molar-refractivity contribution is 9.10. The Hall–Kier alpha value is -2.08. The van der Waals surface area contributed by atoms with E-state index in [0.29, 0.717) is 23.1 Å². The average molecular weight is 432 g/mol. The Morgan fingerprint density at radius 1 is 1.04 bits per heavy atom. The van der Waals surface area contributed by atoms with E-state index in [4.69, 9.17) is 4.74 Å². The number of rotatable bonds is 2.